The summed E-state index contributed by atoms with van der Waals surface area (Å²) in [4.78, 5) is 27.6. The van der Waals surface area contributed by atoms with E-state index in [1.807, 2.05) is 0 Å². The Balaban J connectivity index is 2.33. The van der Waals surface area contributed by atoms with Crippen LogP contribution < -0.4 is 5.32 Å². The SMILES string of the molecule is CN(C)C(=O)C1CNCCN1C(=O)c1c(F)cccc1Cl. The highest BCUT2D eigenvalue weighted by molar-refractivity contribution is 6.33. The molecule has 0 aliphatic carbocycles. The molecule has 1 aliphatic heterocycles. The number of piperazine rings is 1. The molecule has 2 amide bonds. The maximum Gasteiger partial charge on any atom is 0.259 e. The fraction of sp³-hybridized carbons (Fsp3) is 0.429. The molecule has 21 heavy (non-hydrogen) atoms. The minimum atomic E-state index is -0.679. The molecule has 1 saturated heterocycles. The van der Waals surface area contributed by atoms with Gasteiger partial charge in [0.25, 0.3) is 5.91 Å². The molecule has 2 rings (SSSR count). The number of nitrogens with zero attached hydrogens (tertiary/aromatic N) is 2. The van der Waals surface area contributed by atoms with E-state index in [2.05, 4.69) is 5.32 Å². The fourth-order valence-electron chi connectivity index (χ4n) is 2.31. The Morgan fingerprint density at radius 2 is 2.14 bits per heavy atom. The molecule has 0 bridgehead atoms. The van der Waals surface area contributed by atoms with E-state index in [1.54, 1.807) is 14.1 Å². The molecule has 114 valence electrons. The first-order chi connectivity index (χ1) is 9.93. The zero-order valence-corrected chi connectivity index (χ0v) is 12.7. The molecule has 1 N–H and O–H groups in total. The van der Waals surface area contributed by atoms with E-state index in [0.29, 0.717) is 19.6 Å². The summed E-state index contributed by atoms with van der Waals surface area (Å²) in [6.07, 6.45) is 0. The van der Waals surface area contributed by atoms with Crippen LogP contribution in [-0.2, 0) is 4.79 Å². The summed E-state index contributed by atoms with van der Waals surface area (Å²) in [5, 5.41) is 3.12. The van der Waals surface area contributed by atoms with Crippen molar-refractivity contribution in [1.29, 1.82) is 0 Å². The van der Waals surface area contributed by atoms with E-state index in [1.165, 1.54) is 28.0 Å². The number of rotatable bonds is 2. The van der Waals surface area contributed by atoms with Crippen LogP contribution in [-0.4, -0.2) is 61.4 Å². The van der Waals surface area contributed by atoms with Crippen LogP contribution in [0.3, 0.4) is 0 Å². The zero-order chi connectivity index (χ0) is 15.6. The second-order valence-electron chi connectivity index (χ2n) is 5.05. The molecule has 1 aromatic rings. The van der Waals surface area contributed by atoms with Crippen LogP contribution in [0.2, 0.25) is 5.02 Å². The summed E-state index contributed by atoms with van der Waals surface area (Å²) in [7, 11) is 3.24. The molecular formula is C14H17ClFN3O2. The van der Waals surface area contributed by atoms with Gasteiger partial charge in [0.05, 0.1) is 10.6 Å². The first-order valence-corrected chi connectivity index (χ1v) is 6.98. The monoisotopic (exact) mass is 313 g/mol. The smallest absolute Gasteiger partial charge is 0.259 e. The lowest BCUT2D eigenvalue weighted by atomic mass is 10.1. The van der Waals surface area contributed by atoms with Crippen molar-refractivity contribution in [3.05, 3.63) is 34.6 Å². The van der Waals surface area contributed by atoms with Gasteiger partial charge in [0, 0.05) is 33.7 Å². The average molecular weight is 314 g/mol. The Kier molecular flexibility index (Phi) is 4.80. The number of carbonyl (C=O) groups excluding carboxylic acids is 2. The summed E-state index contributed by atoms with van der Waals surface area (Å²) < 4.78 is 13.9. The highest BCUT2D eigenvalue weighted by atomic mass is 35.5. The largest absolute Gasteiger partial charge is 0.347 e. The van der Waals surface area contributed by atoms with E-state index in [0.717, 1.165) is 0 Å². The first kappa shape index (κ1) is 15.7. The molecule has 1 atom stereocenters. The Hall–Kier alpha value is -1.66. The van der Waals surface area contributed by atoms with E-state index in [9.17, 15) is 14.0 Å². The van der Waals surface area contributed by atoms with E-state index in [4.69, 9.17) is 11.6 Å². The molecular weight excluding hydrogens is 297 g/mol. The predicted octanol–water partition coefficient (Wildman–Crippen LogP) is 0.981. The number of carbonyl (C=O) groups is 2. The van der Waals surface area contributed by atoms with Crippen LogP contribution in [0.15, 0.2) is 18.2 Å². The maximum absolute atomic E-state index is 13.9. The molecule has 0 radical (unpaired) electrons. The van der Waals surface area contributed by atoms with Crippen LogP contribution in [0.1, 0.15) is 10.4 Å². The Labute approximate surface area is 127 Å². The molecule has 0 aromatic heterocycles. The van der Waals surface area contributed by atoms with Gasteiger partial charge in [-0.25, -0.2) is 4.39 Å². The van der Waals surface area contributed by atoms with Gasteiger partial charge in [-0.3, -0.25) is 9.59 Å². The Bertz CT molecular complexity index is 545. The molecule has 1 aromatic carbocycles. The molecule has 7 heteroatoms. The topological polar surface area (TPSA) is 52.7 Å². The predicted molar refractivity (Wildman–Crippen MR) is 77.8 cm³/mol. The highest BCUT2D eigenvalue weighted by Crippen LogP contribution is 2.22. The Morgan fingerprint density at radius 1 is 1.43 bits per heavy atom. The third-order valence-corrected chi connectivity index (χ3v) is 3.72. The van der Waals surface area contributed by atoms with Gasteiger partial charge in [0.15, 0.2) is 0 Å². The van der Waals surface area contributed by atoms with Crippen molar-refractivity contribution in [2.75, 3.05) is 33.7 Å². The minimum Gasteiger partial charge on any atom is -0.347 e. The highest BCUT2D eigenvalue weighted by Gasteiger charge is 2.35. The normalized spacial score (nSPS) is 18.5. The lowest BCUT2D eigenvalue weighted by Gasteiger charge is -2.36. The molecule has 1 unspecified atom stereocenters. The van der Waals surface area contributed by atoms with Gasteiger partial charge >= 0.3 is 0 Å². The van der Waals surface area contributed by atoms with Crippen LogP contribution in [0.4, 0.5) is 4.39 Å². The minimum absolute atomic E-state index is 0.0505. The van der Waals surface area contributed by atoms with Crippen molar-refractivity contribution >= 4 is 23.4 Å². The standard InChI is InChI=1S/C14H17ClFN3O2/c1-18(2)13(20)11-8-17-6-7-19(11)14(21)12-9(15)4-3-5-10(12)16/h3-5,11,17H,6-8H2,1-2H3. The number of hydrogen-bond donors (Lipinski definition) is 1. The van der Waals surface area contributed by atoms with Crippen LogP contribution in [0.25, 0.3) is 0 Å². The molecule has 1 aliphatic rings. The maximum atomic E-state index is 13.9. The number of amides is 2. The summed E-state index contributed by atoms with van der Waals surface area (Å²) >= 11 is 5.93. The van der Waals surface area contributed by atoms with Crippen molar-refractivity contribution in [3.63, 3.8) is 0 Å². The van der Waals surface area contributed by atoms with Gasteiger partial charge in [0.1, 0.15) is 11.9 Å². The van der Waals surface area contributed by atoms with Crippen LogP contribution >= 0.6 is 11.6 Å². The molecule has 1 heterocycles. The van der Waals surface area contributed by atoms with Gasteiger partial charge in [0.2, 0.25) is 5.91 Å². The molecule has 1 fully saturated rings. The second kappa shape index (κ2) is 6.41. The molecule has 0 saturated carbocycles. The van der Waals surface area contributed by atoms with Gasteiger partial charge in [-0.15, -0.1) is 0 Å². The number of likely N-dealkylation sites (N-methyl/N-ethyl adjacent to an activating group) is 1. The lowest BCUT2D eigenvalue weighted by molar-refractivity contribution is -0.134. The van der Waals surface area contributed by atoms with Gasteiger partial charge < -0.3 is 15.1 Å². The van der Waals surface area contributed by atoms with Gasteiger partial charge in [-0.05, 0) is 12.1 Å². The third-order valence-electron chi connectivity index (χ3n) is 3.41. The second-order valence-corrected chi connectivity index (χ2v) is 5.45. The quantitative estimate of drug-likeness (QED) is 0.885. The zero-order valence-electron chi connectivity index (χ0n) is 11.9. The molecule has 0 spiro atoms. The Morgan fingerprint density at radius 3 is 2.76 bits per heavy atom. The first-order valence-electron chi connectivity index (χ1n) is 6.60. The van der Waals surface area contributed by atoms with Crippen molar-refractivity contribution in [2.24, 2.45) is 0 Å². The van der Waals surface area contributed by atoms with E-state index < -0.39 is 17.8 Å². The summed E-state index contributed by atoms with van der Waals surface area (Å²) in [5.74, 6) is -1.44. The van der Waals surface area contributed by atoms with E-state index >= 15 is 0 Å². The van der Waals surface area contributed by atoms with Gasteiger partial charge in [-0.2, -0.15) is 0 Å². The van der Waals surface area contributed by atoms with Crippen molar-refractivity contribution in [3.8, 4) is 0 Å². The summed E-state index contributed by atoms with van der Waals surface area (Å²) in [6.45, 7) is 1.22. The number of halogens is 2. The molecule has 5 nitrogen and oxygen atoms in total. The summed E-state index contributed by atoms with van der Waals surface area (Å²) in [6, 6.07) is 3.43. The average Bonchev–Trinajstić information content (AvgIpc) is 2.46. The number of benzene rings is 1. The number of hydrogen-bond acceptors (Lipinski definition) is 3. The number of nitrogens with one attached hydrogen (secondary N) is 1. The van der Waals surface area contributed by atoms with Crippen molar-refractivity contribution in [2.45, 2.75) is 6.04 Å². The van der Waals surface area contributed by atoms with Crippen LogP contribution in [0.5, 0.6) is 0 Å². The van der Waals surface area contributed by atoms with Crippen molar-refractivity contribution < 1.29 is 14.0 Å². The summed E-state index contributed by atoms with van der Waals surface area (Å²) in [5.41, 5.74) is -0.183. The fourth-order valence-corrected chi connectivity index (χ4v) is 2.56. The third kappa shape index (κ3) is 3.16. The van der Waals surface area contributed by atoms with E-state index in [-0.39, 0.29) is 16.5 Å². The van der Waals surface area contributed by atoms with Crippen LogP contribution in [0, 0.1) is 5.82 Å². The van der Waals surface area contributed by atoms with Crippen molar-refractivity contribution in [1.82, 2.24) is 15.1 Å². The van der Waals surface area contributed by atoms with Gasteiger partial charge in [-0.1, -0.05) is 17.7 Å². The lowest BCUT2D eigenvalue weighted by Crippen LogP contribution is -2.59.